The van der Waals surface area contributed by atoms with Crippen LogP contribution in [0.3, 0.4) is 0 Å². The summed E-state index contributed by atoms with van der Waals surface area (Å²) in [7, 11) is 0. The second-order valence-corrected chi connectivity index (χ2v) is 10.3. The molecule has 0 radical (unpaired) electrons. The van der Waals surface area contributed by atoms with Crippen molar-refractivity contribution in [1.29, 1.82) is 0 Å². The normalized spacial score (nSPS) is 17.7. The molecule has 0 amide bonds. The molecule has 1 aromatic carbocycles. The number of rotatable bonds is 1. The first-order valence-electron chi connectivity index (χ1n) is 7.22. The van der Waals surface area contributed by atoms with E-state index in [9.17, 15) is 5.11 Å². The third-order valence-electron chi connectivity index (χ3n) is 3.64. The van der Waals surface area contributed by atoms with Crippen molar-refractivity contribution in [3.8, 4) is 5.75 Å². The molecule has 1 nitrogen and oxygen atoms in total. The molecule has 20 heavy (non-hydrogen) atoms. The number of hydrogen-bond donors (Lipinski definition) is 1. The average Bonchev–Trinajstić information content (AvgIpc) is 2.79. The quantitative estimate of drug-likeness (QED) is 0.743. The summed E-state index contributed by atoms with van der Waals surface area (Å²) in [6.07, 6.45) is 0. The zero-order valence-electron chi connectivity index (χ0n) is 13.4. The second kappa shape index (κ2) is 5.49. The maximum Gasteiger partial charge on any atom is 0.123 e. The van der Waals surface area contributed by atoms with Gasteiger partial charge in [0.05, 0.1) is 4.58 Å². The van der Waals surface area contributed by atoms with Crippen LogP contribution in [0.4, 0.5) is 0 Å². The maximum atomic E-state index is 10.7. The largest absolute Gasteiger partial charge is 0.507 e. The minimum absolute atomic E-state index is 0.0337. The van der Waals surface area contributed by atoms with E-state index in [0.29, 0.717) is 10.3 Å². The average molecular weight is 311 g/mol. The van der Waals surface area contributed by atoms with Gasteiger partial charge in [-0.3, -0.25) is 0 Å². The van der Waals surface area contributed by atoms with Gasteiger partial charge in [0.1, 0.15) is 5.75 Å². The van der Waals surface area contributed by atoms with Gasteiger partial charge in [-0.25, -0.2) is 0 Å². The van der Waals surface area contributed by atoms with Gasteiger partial charge < -0.3 is 5.11 Å². The molecule has 3 heteroatoms. The molecule has 1 saturated heterocycles. The van der Waals surface area contributed by atoms with Crippen molar-refractivity contribution >= 4 is 23.5 Å². The van der Waals surface area contributed by atoms with E-state index >= 15 is 0 Å². The van der Waals surface area contributed by atoms with Crippen LogP contribution in [-0.2, 0) is 10.8 Å². The summed E-state index contributed by atoms with van der Waals surface area (Å²) >= 11 is 4.04. The molecule has 0 atom stereocenters. The molecule has 1 N–H and O–H groups in total. The van der Waals surface area contributed by atoms with Gasteiger partial charge in [0.15, 0.2) is 0 Å². The van der Waals surface area contributed by atoms with Gasteiger partial charge in [-0.2, -0.15) is 0 Å². The standard InChI is InChI=1S/C17H26OS2/c1-16(2,3)12-9-11(15-19-7-8-20-15)10-13(14(12)18)17(4,5)6/h9-10,15,18H,7-8H2,1-6H3. The minimum atomic E-state index is -0.0337. The molecule has 0 spiro atoms. The van der Waals surface area contributed by atoms with Gasteiger partial charge in [-0.1, -0.05) is 41.5 Å². The van der Waals surface area contributed by atoms with Crippen LogP contribution in [0.15, 0.2) is 12.1 Å². The number of hydrogen-bond acceptors (Lipinski definition) is 3. The van der Waals surface area contributed by atoms with Crippen molar-refractivity contribution in [2.75, 3.05) is 11.5 Å². The fraction of sp³-hybridized carbons (Fsp3) is 0.647. The second-order valence-electron chi connectivity index (χ2n) is 7.54. The fourth-order valence-electron chi connectivity index (χ4n) is 2.49. The highest BCUT2D eigenvalue weighted by Gasteiger charge is 2.29. The summed E-state index contributed by atoms with van der Waals surface area (Å²) in [5, 5.41) is 10.7. The monoisotopic (exact) mass is 310 g/mol. The molecule has 1 heterocycles. The smallest absolute Gasteiger partial charge is 0.123 e. The van der Waals surface area contributed by atoms with E-state index in [4.69, 9.17) is 0 Å². The summed E-state index contributed by atoms with van der Waals surface area (Å²) in [6.45, 7) is 13.0. The molecule has 1 fully saturated rings. The van der Waals surface area contributed by atoms with Crippen LogP contribution in [0.1, 0.15) is 62.8 Å². The van der Waals surface area contributed by atoms with E-state index in [1.54, 1.807) is 0 Å². The summed E-state index contributed by atoms with van der Waals surface area (Å²) in [5.41, 5.74) is 3.45. The molecule has 0 unspecified atom stereocenters. The highest BCUT2D eigenvalue weighted by Crippen LogP contribution is 2.49. The van der Waals surface area contributed by atoms with Crippen LogP contribution in [0, 0.1) is 0 Å². The maximum absolute atomic E-state index is 10.7. The molecule has 1 aliphatic rings. The lowest BCUT2D eigenvalue weighted by atomic mass is 9.78. The van der Waals surface area contributed by atoms with Crippen LogP contribution in [0.5, 0.6) is 5.75 Å². The summed E-state index contributed by atoms with van der Waals surface area (Å²) < 4.78 is 0.526. The Morgan fingerprint density at radius 2 is 1.30 bits per heavy atom. The summed E-state index contributed by atoms with van der Waals surface area (Å²) in [4.78, 5) is 0. The summed E-state index contributed by atoms with van der Waals surface area (Å²) in [5.74, 6) is 2.94. The Balaban J connectivity index is 2.60. The molecule has 112 valence electrons. The van der Waals surface area contributed by atoms with E-state index in [1.165, 1.54) is 17.1 Å². The van der Waals surface area contributed by atoms with Crippen LogP contribution >= 0.6 is 23.5 Å². The lowest BCUT2D eigenvalue weighted by Crippen LogP contribution is -2.18. The highest BCUT2D eigenvalue weighted by atomic mass is 32.2. The predicted molar refractivity (Wildman–Crippen MR) is 93.2 cm³/mol. The Bertz CT molecular complexity index is 454. The van der Waals surface area contributed by atoms with Gasteiger partial charge in [-0.05, 0) is 39.7 Å². The molecule has 1 aromatic rings. The van der Waals surface area contributed by atoms with Gasteiger partial charge in [0.25, 0.3) is 0 Å². The highest BCUT2D eigenvalue weighted by molar-refractivity contribution is 8.19. The number of thioether (sulfide) groups is 2. The van der Waals surface area contributed by atoms with Gasteiger partial charge in [0.2, 0.25) is 0 Å². The SMILES string of the molecule is CC(C)(C)c1cc(C2SCCS2)cc(C(C)(C)C)c1O. The first-order valence-corrected chi connectivity index (χ1v) is 9.31. The van der Waals surface area contributed by atoms with Crippen molar-refractivity contribution in [1.82, 2.24) is 0 Å². The zero-order chi connectivity index (χ0) is 15.1. The number of benzene rings is 1. The molecule has 0 bridgehead atoms. The Kier molecular flexibility index (Phi) is 4.42. The van der Waals surface area contributed by atoms with Crippen LogP contribution in [0.2, 0.25) is 0 Å². The van der Waals surface area contributed by atoms with Crippen molar-refractivity contribution in [2.45, 2.75) is 57.0 Å². The van der Waals surface area contributed by atoms with Crippen molar-refractivity contribution in [3.63, 3.8) is 0 Å². The lowest BCUT2D eigenvalue weighted by molar-refractivity contribution is 0.423. The van der Waals surface area contributed by atoms with Gasteiger partial charge in [-0.15, -0.1) is 23.5 Å². The molecular weight excluding hydrogens is 284 g/mol. The van der Waals surface area contributed by atoms with E-state index in [-0.39, 0.29) is 10.8 Å². The third kappa shape index (κ3) is 3.30. The number of phenols is 1. The van der Waals surface area contributed by atoms with Crippen molar-refractivity contribution in [3.05, 3.63) is 28.8 Å². The van der Waals surface area contributed by atoms with Crippen LogP contribution in [-0.4, -0.2) is 16.6 Å². The van der Waals surface area contributed by atoms with E-state index in [0.717, 1.165) is 11.1 Å². The predicted octanol–water partition coefficient (Wildman–Crippen LogP) is 5.47. The van der Waals surface area contributed by atoms with Crippen LogP contribution in [0.25, 0.3) is 0 Å². The Morgan fingerprint density at radius 3 is 1.65 bits per heavy atom. The Labute approximate surface area is 131 Å². The molecule has 2 rings (SSSR count). The first kappa shape index (κ1) is 16.1. The molecule has 0 saturated carbocycles. The lowest BCUT2D eigenvalue weighted by Gasteiger charge is -2.29. The topological polar surface area (TPSA) is 20.2 Å². The van der Waals surface area contributed by atoms with Gasteiger partial charge >= 0.3 is 0 Å². The van der Waals surface area contributed by atoms with E-state index < -0.39 is 0 Å². The molecule has 1 aliphatic heterocycles. The molecule has 0 aromatic heterocycles. The van der Waals surface area contributed by atoms with Gasteiger partial charge in [0, 0.05) is 11.5 Å². The number of aromatic hydroxyl groups is 1. The number of phenolic OH excluding ortho intramolecular Hbond substituents is 1. The van der Waals surface area contributed by atoms with Crippen LogP contribution < -0.4 is 0 Å². The molecule has 0 aliphatic carbocycles. The van der Waals surface area contributed by atoms with E-state index in [2.05, 4.69) is 53.7 Å². The van der Waals surface area contributed by atoms with E-state index in [1.807, 2.05) is 23.5 Å². The Hall–Kier alpha value is -0.280. The summed E-state index contributed by atoms with van der Waals surface area (Å²) in [6, 6.07) is 4.45. The van der Waals surface area contributed by atoms with Crippen molar-refractivity contribution < 1.29 is 5.11 Å². The van der Waals surface area contributed by atoms with Crippen molar-refractivity contribution in [2.24, 2.45) is 0 Å². The fourth-order valence-corrected chi connectivity index (χ4v) is 5.30. The Morgan fingerprint density at radius 1 is 0.900 bits per heavy atom. The first-order chi connectivity index (χ1) is 9.10. The zero-order valence-corrected chi connectivity index (χ0v) is 15.0. The third-order valence-corrected chi connectivity index (χ3v) is 6.75. The minimum Gasteiger partial charge on any atom is -0.507 e. The molecular formula is C17H26OS2.